The zero-order valence-corrected chi connectivity index (χ0v) is 14.1. The standard InChI is InChI=1S/C20H22F2N2O/c21-17-8-9-19(18(22)14-17)23-20(25)24-12-10-16(11-13-24)7-6-15-4-2-1-3-5-15/h1-5,8-9,14,16H,6-7,10-13H2,(H,23,25). The Hall–Kier alpha value is -2.43. The smallest absolute Gasteiger partial charge is 0.321 e. The SMILES string of the molecule is O=C(Nc1ccc(F)cc1F)N1CCC(CCc2ccccc2)CC1. The summed E-state index contributed by atoms with van der Waals surface area (Å²) < 4.78 is 26.5. The van der Waals surface area contributed by atoms with E-state index >= 15 is 0 Å². The van der Waals surface area contributed by atoms with Crippen LogP contribution in [0.3, 0.4) is 0 Å². The Bertz CT molecular complexity index is 713. The van der Waals surface area contributed by atoms with Gasteiger partial charge in [-0.15, -0.1) is 0 Å². The second-order valence-corrected chi connectivity index (χ2v) is 6.51. The maximum absolute atomic E-state index is 13.6. The second-order valence-electron chi connectivity index (χ2n) is 6.51. The van der Waals surface area contributed by atoms with Crippen molar-refractivity contribution in [2.75, 3.05) is 18.4 Å². The van der Waals surface area contributed by atoms with Crippen molar-refractivity contribution in [3.05, 3.63) is 65.7 Å². The summed E-state index contributed by atoms with van der Waals surface area (Å²) >= 11 is 0. The summed E-state index contributed by atoms with van der Waals surface area (Å²) in [5, 5.41) is 2.53. The highest BCUT2D eigenvalue weighted by Gasteiger charge is 2.23. The van der Waals surface area contributed by atoms with Crippen LogP contribution in [0.1, 0.15) is 24.8 Å². The Morgan fingerprint density at radius 1 is 1.08 bits per heavy atom. The Balaban J connectivity index is 1.46. The molecule has 0 unspecified atom stereocenters. The number of benzene rings is 2. The molecular formula is C20H22F2N2O. The highest BCUT2D eigenvalue weighted by molar-refractivity contribution is 5.89. The van der Waals surface area contributed by atoms with Crippen molar-refractivity contribution >= 4 is 11.7 Å². The molecule has 25 heavy (non-hydrogen) atoms. The van der Waals surface area contributed by atoms with Crippen LogP contribution in [0.4, 0.5) is 19.3 Å². The summed E-state index contributed by atoms with van der Waals surface area (Å²) in [7, 11) is 0. The van der Waals surface area contributed by atoms with Crippen molar-refractivity contribution in [1.29, 1.82) is 0 Å². The number of anilines is 1. The molecule has 3 rings (SSSR count). The Kier molecular flexibility index (Phi) is 5.64. The second kappa shape index (κ2) is 8.10. The Morgan fingerprint density at radius 2 is 1.80 bits per heavy atom. The number of nitrogens with zero attached hydrogens (tertiary/aromatic N) is 1. The van der Waals surface area contributed by atoms with Gasteiger partial charge < -0.3 is 10.2 Å². The van der Waals surface area contributed by atoms with Crippen molar-refractivity contribution in [1.82, 2.24) is 4.90 Å². The van der Waals surface area contributed by atoms with Crippen LogP contribution in [-0.2, 0) is 6.42 Å². The van der Waals surface area contributed by atoms with Gasteiger partial charge in [0.05, 0.1) is 5.69 Å². The van der Waals surface area contributed by atoms with Gasteiger partial charge >= 0.3 is 6.03 Å². The van der Waals surface area contributed by atoms with Gasteiger partial charge in [-0.1, -0.05) is 30.3 Å². The molecule has 0 aliphatic carbocycles. The van der Waals surface area contributed by atoms with Crippen molar-refractivity contribution < 1.29 is 13.6 Å². The summed E-state index contributed by atoms with van der Waals surface area (Å²) in [5.74, 6) is -0.812. The average Bonchev–Trinajstić information content (AvgIpc) is 2.63. The number of amides is 2. The molecule has 0 atom stereocenters. The maximum atomic E-state index is 13.6. The van der Waals surface area contributed by atoms with Crippen molar-refractivity contribution in [2.45, 2.75) is 25.7 Å². The molecule has 0 bridgehead atoms. The lowest BCUT2D eigenvalue weighted by molar-refractivity contribution is 0.180. The number of hydrogen-bond acceptors (Lipinski definition) is 1. The number of carbonyl (C=O) groups is 1. The molecule has 0 saturated carbocycles. The summed E-state index contributed by atoms with van der Waals surface area (Å²) in [6.07, 6.45) is 4.07. The first-order valence-corrected chi connectivity index (χ1v) is 8.67. The maximum Gasteiger partial charge on any atom is 0.321 e. The van der Waals surface area contributed by atoms with E-state index in [1.54, 1.807) is 4.90 Å². The molecule has 0 spiro atoms. The third-order valence-electron chi connectivity index (χ3n) is 4.76. The molecule has 1 aliphatic heterocycles. The molecule has 5 heteroatoms. The van der Waals surface area contributed by atoms with Gasteiger partial charge in [0, 0.05) is 19.2 Å². The number of nitrogens with one attached hydrogen (secondary N) is 1. The number of halogens is 2. The van der Waals surface area contributed by atoms with Crippen molar-refractivity contribution in [3.8, 4) is 0 Å². The molecule has 132 valence electrons. The van der Waals surface area contributed by atoms with E-state index < -0.39 is 11.6 Å². The van der Waals surface area contributed by atoms with Crippen LogP contribution in [0.2, 0.25) is 0 Å². The van der Waals surface area contributed by atoms with Gasteiger partial charge in [0.25, 0.3) is 0 Å². The minimum absolute atomic E-state index is 0.0117. The largest absolute Gasteiger partial charge is 0.325 e. The van der Waals surface area contributed by atoms with Gasteiger partial charge in [-0.05, 0) is 49.3 Å². The average molecular weight is 344 g/mol. The van der Waals surface area contributed by atoms with E-state index in [2.05, 4.69) is 29.6 Å². The summed E-state index contributed by atoms with van der Waals surface area (Å²) in [6.45, 7) is 1.32. The topological polar surface area (TPSA) is 32.3 Å². The van der Waals surface area contributed by atoms with Crippen LogP contribution < -0.4 is 5.32 Å². The molecule has 1 fully saturated rings. The summed E-state index contributed by atoms with van der Waals surface area (Å²) in [6, 6.07) is 13.2. The number of carbonyl (C=O) groups excluding carboxylic acids is 1. The number of likely N-dealkylation sites (tertiary alicyclic amines) is 1. The molecule has 3 nitrogen and oxygen atoms in total. The third-order valence-corrected chi connectivity index (χ3v) is 4.76. The van der Waals surface area contributed by atoms with Crippen LogP contribution in [-0.4, -0.2) is 24.0 Å². The number of hydrogen-bond donors (Lipinski definition) is 1. The van der Waals surface area contributed by atoms with Crippen LogP contribution in [0.25, 0.3) is 0 Å². The predicted molar refractivity (Wildman–Crippen MR) is 94.4 cm³/mol. The fraction of sp³-hybridized carbons (Fsp3) is 0.350. The van der Waals surface area contributed by atoms with Gasteiger partial charge in [0.1, 0.15) is 11.6 Å². The quantitative estimate of drug-likeness (QED) is 0.845. The molecule has 0 radical (unpaired) electrons. The lowest BCUT2D eigenvalue weighted by Gasteiger charge is -2.32. The highest BCUT2D eigenvalue weighted by Crippen LogP contribution is 2.23. The van der Waals surface area contributed by atoms with Gasteiger partial charge in [0.15, 0.2) is 0 Å². The molecule has 1 saturated heterocycles. The molecule has 1 heterocycles. The minimum atomic E-state index is -0.758. The normalized spacial score (nSPS) is 15.2. The van der Waals surface area contributed by atoms with E-state index in [1.165, 1.54) is 11.6 Å². The number of rotatable bonds is 4. The molecule has 2 aromatic rings. The molecule has 0 aromatic heterocycles. The van der Waals surface area contributed by atoms with Gasteiger partial charge in [-0.25, -0.2) is 13.6 Å². The Morgan fingerprint density at radius 3 is 2.48 bits per heavy atom. The van der Waals surface area contributed by atoms with E-state index in [0.717, 1.165) is 37.8 Å². The molecule has 2 aromatic carbocycles. The van der Waals surface area contributed by atoms with Crippen LogP contribution in [0, 0.1) is 17.6 Å². The van der Waals surface area contributed by atoms with Crippen LogP contribution in [0.15, 0.2) is 48.5 Å². The van der Waals surface area contributed by atoms with E-state index in [4.69, 9.17) is 0 Å². The van der Waals surface area contributed by atoms with Crippen LogP contribution in [0.5, 0.6) is 0 Å². The fourth-order valence-electron chi connectivity index (χ4n) is 3.23. The Labute approximate surface area is 146 Å². The number of urea groups is 1. The van der Waals surface area contributed by atoms with Gasteiger partial charge in [0.2, 0.25) is 0 Å². The highest BCUT2D eigenvalue weighted by atomic mass is 19.1. The molecule has 1 aliphatic rings. The van der Waals surface area contributed by atoms with E-state index in [0.29, 0.717) is 19.0 Å². The van der Waals surface area contributed by atoms with Crippen LogP contribution >= 0.6 is 0 Å². The summed E-state index contributed by atoms with van der Waals surface area (Å²) in [5.41, 5.74) is 1.35. The number of piperidine rings is 1. The first-order chi connectivity index (χ1) is 12.1. The van der Waals surface area contributed by atoms with E-state index in [1.807, 2.05) is 6.07 Å². The van der Waals surface area contributed by atoms with Gasteiger partial charge in [-0.2, -0.15) is 0 Å². The van der Waals surface area contributed by atoms with Crippen molar-refractivity contribution in [3.63, 3.8) is 0 Å². The van der Waals surface area contributed by atoms with Gasteiger partial charge in [-0.3, -0.25) is 0 Å². The first-order valence-electron chi connectivity index (χ1n) is 8.67. The lowest BCUT2D eigenvalue weighted by Crippen LogP contribution is -2.41. The van der Waals surface area contributed by atoms with Crippen molar-refractivity contribution in [2.24, 2.45) is 5.92 Å². The first kappa shape index (κ1) is 17.4. The van der Waals surface area contributed by atoms with E-state index in [9.17, 15) is 13.6 Å². The molecule has 2 amide bonds. The monoisotopic (exact) mass is 344 g/mol. The molecule has 1 N–H and O–H groups in total. The zero-order valence-electron chi connectivity index (χ0n) is 14.1. The fourth-order valence-corrected chi connectivity index (χ4v) is 3.23. The summed E-state index contributed by atoms with van der Waals surface area (Å²) in [4.78, 5) is 13.9. The predicted octanol–water partition coefficient (Wildman–Crippen LogP) is 4.84. The molecular weight excluding hydrogens is 322 g/mol. The zero-order chi connectivity index (χ0) is 17.6. The minimum Gasteiger partial charge on any atom is -0.325 e. The lowest BCUT2D eigenvalue weighted by atomic mass is 9.90. The third kappa shape index (κ3) is 4.78. The van der Waals surface area contributed by atoms with E-state index in [-0.39, 0.29) is 11.7 Å². The number of aryl methyl sites for hydroxylation is 1.